The summed E-state index contributed by atoms with van der Waals surface area (Å²) in [6, 6.07) is 1.69. The van der Waals surface area contributed by atoms with Gasteiger partial charge in [-0.1, -0.05) is 0 Å². The van der Waals surface area contributed by atoms with Gasteiger partial charge in [-0.15, -0.1) is 0 Å². The second-order valence-corrected chi connectivity index (χ2v) is 2.72. The monoisotopic (exact) mass is 183 g/mol. The summed E-state index contributed by atoms with van der Waals surface area (Å²) in [7, 11) is 0. The molecule has 0 aliphatic carbocycles. The number of ether oxygens (including phenoxy) is 2. The summed E-state index contributed by atoms with van der Waals surface area (Å²) >= 11 is 0. The van der Waals surface area contributed by atoms with Crippen molar-refractivity contribution in [2.45, 2.75) is 26.6 Å². The van der Waals surface area contributed by atoms with E-state index in [-0.39, 0.29) is 0 Å². The molecular formula is C9H13NO3. The summed E-state index contributed by atoms with van der Waals surface area (Å²) in [5.74, 6) is -1.52. The van der Waals surface area contributed by atoms with Crippen LogP contribution in [0.5, 0.6) is 0 Å². The van der Waals surface area contributed by atoms with E-state index in [4.69, 9.17) is 14.7 Å². The number of hydrogen-bond acceptors (Lipinski definition) is 4. The summed E-state index contributed by atoms with van der Waals surface area (Å²) in [4.78, 5) is 11.0. The van der Waals surface area contributed by atoms with Crippen molar-refractivity contribution in [3.8, 4) is 6.07 Å². The number of nitriles is 1. The van der Waals surface area contributed by atoms with E-state index in [9.17, 15) is 4.79 Å². The van der Waals surface area contributed by atoms with Crippen LogP contribution in [-0.2, 0) is 14.3 Å². The van der Waals surface area contributed by atoms with E-state index >= 15 is 0 Å². The van der Waals surface area contributed by atoms with Crippen molar-refractivity contribution in [2.75, 3.05) is 6.61 Å². The van der Waals surface area contributed by atoms with Crippen LogP contribution in [0.3, 0.4) is 0 Å². The predicted molar refractivity (Wildman–Crippen MR) is 46.6 cm³/mol. The highest BCUT2D eigenvalue weighted by molar-refractivity contribution is 5.82. The third-order valence-corrected chi connectivity index (χ3v) is 1.13. The molecule has 0 rings (SSSR count). The minimum atomic E-state index is -0.939. The first-order chi connectivity index (χ1) is 6.02. The maximum atomic E-state index is 11.0. The van der Waals surface area contributed by atoms with E-state index in [1.165, 1.54) is 0 Å². The Kier molecular flexibility index (Phi) is 4.78. The quantitative estimate of drug-likeness (QED) is 0.286. The van der Waals surface area contributed by atoms with E-state index in [0.717, 1.165) is 12.2 Å². The molecule has 0 aromatic heterocycles. The maximum Gasteiger partial charge on any atom is 0.333 e. The number of nitrogens with zero attached hydrogens (tertiary/aromatic N) is 1. The van der Waals surface area contributed by atoms with Crippen LogP contribution in [0.15, 0.2) is 12.2 Å². The molecule has 13 heavy (non-hydrogen) atoms. The summed E-state index contributed by atoms with van der Waals surface area (Å²) in [6.45, 7) is 5.53. The van der Waals surface area contributed by atoms with Crippen LogP contribution < -0.4 is 0 Å². The average molecular weight is 183 g/mol. The number of carbonyl (C=O) groups excluding carboxylic acids is 1. The van der Waals surface area contributed by atoms with Crippen LogP contribution in [0.1, 0.15) is 20.8 Å². The molecule has 0 fully saturated rings. The van der Waals surface area contributed by atoms with Crippen LogP contribution in [0.2, 0.25) is 0 Å². The fourth-order valence-electron chi connectivity index (χ4n) is 0.759. The molecule has 4 nitrogen and oxygen atoms in total. The highest BCUT2D eigenvalue weighted by Gasteiger charge is 2.21. The first kappa shape index (κ1) is 11.7. The topological polar surface area (TPSA) is 59.3 Å². The SMILES string of the molecule is CCOC(C)(C)OC(=O)C=CC#N. The molecule has 0 amide bonds. The molecule has 0 unspecified atom stereocenters. The average Bonchev–Trinajstić information content (AvgIpc) is 1.99. The largest absolute Gasteiger partial charge is 0.431 e. The maximum absolute atomic E-state index is 11.0. The Balaban J connectivity index is 4.05. The van der Waals surface area contributed by atoms with E-state index < -0.39 is 11.8 Å². The molecule has 0 aliphatic heterocycles. The minimum absolute atomic E-state index is 0.461. The second kappa shape index (κ2) is 5.33. The Morgan fingerprint density at radius 2 is 2.23 bits per heavy atom. The molecule has 0 aromatic rings. The van der Waals surface area contributed by atoms with Gasteiger partial charge in [-0.2, -0.15) is 5.26 Å². The zero-order chi connectivity index (χ0) is 10.3. The normalized spacial score (nSPS) is 11.2. The third kappa shape index (κ3) is 5.88. The van der Waals surface area contributed by atoms with Crippen LogP contribution in [-0.4, -0.2) is 18.4 Å². The first-order valence-electron chi connectivity index (χ1n) is 3.95. The lowest BCUT2D eigenvalue weighted by atomic mass is 10.4. The zero-order valence-corrected chi connectivity index (χ0v) is 8.03. The van der Waals surface area contributed by atoms with Gasteiger partial charge in [0.2, 0.25) is 5.79 Å². The van der Waals surface area contributed by atoms with Gasteiger partial charge in [-0.05, 0) is 6.92 Å². The molecule has 0 N–H and O–H groups in total. The van der Waals surface area contributed by atoms with Gasteiger partial charge in [-0.25, -0.2) is 4.79 Å². The molecule has 0 radical (unpaired) electrons. The van der Waals surface area contributed by atoms with Crippen molar-refractivity contribution in [1.29, 1.82) is 5.26 Å². The highest BCUT2D eigenvalue weighted by Crippen LogP contribution is 2.10. The molecule has 0 aromatic carbocycles. The molecule has 72 valence electrons. The number of carbonyl (C=O) groups is 1. The molecule has 0 aliphatic rings. The molecule has 0 spiro atoms. The number of hydrogen-bond donors (Lipinski definition) is 0. The lowest BCUT2D eigenvalue weighted by Gasteiger charge is -2.23. The lowest BCUT2D eigenvalue weighted by molar-refractivity contribution is -0.209. The third-order valence-electron chi connectivity index (χ3n) is 1.13. The van der Waals surface area contributed by atoms with Crippen molar-refractivity contribution in [1.82, 2.24) is 0 Å². The molecule has 0 saturated heterocycles. The number of esters is 1. The van der Waals surface area contributed by atoms with Gasteiger partial charge in [0, 0.05) is 32.6 Å². The zero-order valence-electron chi connectivity index (χ0n) is 8.03. The summed E-state index contributed by atoms with van der Waals surface area (Å²) in [5.41, 5.74) is 0. The second-order valence-electron chi connectivity index (χ2n) is 2.72. The van der Waals surface area contributed by atoms with E-state index in [1.54, 1.807) is 26.8 Å². The Hall–Kier alpha value is -1.34. The fourth-order valence-corrected chi connectivity index (χ4v) is 0.759. The minimum Gasteiger partial charge on any atom is -0.431 e. The molecular weight excluding hydrogens is 170 g/mol. The van der Waals surface area contributed by atoms with Crippen LogP contribution in [0.4, 0.5) is 0 Å². The smallest absolute Gasteiger partial charge is 0.333 e. The lowest BCUT2D eigenvalue weighted by Crippen LogP contribution is -2.30. The van der Waals surface area contributed by atoms with Crippen molar-refractivity contribution in [3.63, 3.8) is 0 Å². The molecule has 0 saturated carbocycles. The Bertz CT molecular complexity index is 238. The van der Waals surface area contributed by atoms with Crippen molar-refractivity contribution in [2.24, 2.45) is 0 Å². The first-order valence-corrected chi connectivity index (χ1v) is 3.95. The molecule has 0 bridgehead atoms. The standard InChI is InChI=1S/C9H13NO3/c1-4-12-9(2,3)13-8(11)6-5-7-10/h5-6H,4H2,1-3H3. The summed E-state index contributed by atoms with van der Waals surface area (Å²) < 4.78 is 10.0. The van der Waals surface area contributed by atoms with Crippen molar-refractivity contribution >= 4 is 5.97 Å². The summed E-state index contributed by atoms with van der Waals surface area (Å²) in [6.07, 6.45) is 2.12. The van der Waals surface area contributed by atoms with Crippen molar-refractivity contribution < 1.29 is 14.3 Å². The van der Waals surface area contributed by atoms with Gasteiger partial charge in [0.25, 0.3) is 0 Å². The van der Waals surface area contributed by atoms with Crippen LogP contribution >= 0.6 is 0 Å². The predicted octanol–water partition coefficient (Wildman–Crippen LogP) is 1.38. The van der Waals surface area contributed by atoms with Gasteiger partial charge < -0.3 is 9.47 Å². The molecule has 0 atom stereocenters. The number of allylic oxidation sites excluding steroid dienone is 1. The van der Waals surface area contributed by atoms with Gasteiger partial charge in [0.1, 0.15) is 0 Å². The van der Waals surface area contributed by atoms with Crippen LogP contribution in [0.25, 0.3) is 0 Å². The van der Waals surface area contributed by atoms with Crippen molar-refractivity contribution in [3.05, 3.63) is 12.2 Å². The molecule has 4 heteroatoms. The molecule has 0 heterocycles. The van der Waals surface area contributed by atoms with Gasteiger partial charge in [0.15, 0.2) is 0 Å². The highest BCUT2D eigenvalue weighted by atomic mass is 16.7. The Morgan fingerprint density at radius 1 is 1.62 bits per heavy atom. The van der Waals surface area contributed by atoms with Gasteiger partial charge >= 0.3 is 5.97 Å². The fraction of sp³-hybridized carbons (Fsp3) is 0.556. The van der Waals surface area contributed by atoms with Gasteiger partial charge in [-0.3, -0.25) is 0 Å². The Morgan fingerprint density at radius 3 is 2.69 bits per heavy atom. The summed E-state index contributed by atoms with van der Waals surface area (Å²) in [5, 5.41) is 8.14. The van der Waals surface area contributed by atoms with E-state index in [2.05, 4.69) is 0 Å². The van der Waals surface area contributed by atoms with E-state index in [0.29, 0.717) is 6.61 Å². The van der Waals surface area contributed by atoms with Gasteiger partial charge in [0.05, 0.1) is 6.07 Å². The Labute approximate surface area is 77.8 Å². The number of rotatable bonds is 4. The van der Waals surface area contributed by atoms with Crippen LogP contribution in [0, 0.1) is 11.3 Å². The van der Waals surface area contributed by atoms with E-state index in [1.807, 2.05) is 0 Å².